The zero-order chi connectivity index (χ0) is 19.2. The van der Waals surface area contributed by atoms with Crippen molar-refractivity contribution in [2.24, 2.45) is 5.92 Å². The fourth-order valence-electron chi connectivity index (χ4n) is 2.95. The Balaban J connectivity index is 1.43. The van der Waals surface area contributed by atoms with Crippen LogP contribution in [-0.2, 0) is 0 Å². The molecule has 1 aliphatic rings. The zero-order valence-corrected chi connectivity index (χ0v) is 16.2. The maximum atomic E-state index is 12.2. The summed E-state index contributed by atoms with van der Waals surface area (Å²) >= 11 is 11.8. The molecule has 142 valence electrons. The molecule has 2 aromatic carbocycles. The molecule has 1 fully saturated rings. The standard InChI is InChI=1S/C20H20Cl2N2O3/c21-17-7-6-15(12-18(17)22)19(25)23-13-14-8-10-24(11-9-14)20(26)27-16-4-2-1-3-5-16/h1-7,12,14H,8-11,13H2,(H,23,25). The van der Waals surface area contributed by atoms with E-state index in [2.05, 4.69) is 5.32 Å². The van der Waals surface area contributed by atoms with Crippen LogP contribution in [0.15, 0.2) is 48.5 Å². The van der Waals surface area contributed by atoms with Gasteiger partial charge >= 0.3 is 6.09 Å². The second-order valence-corrected chi connectivity index (χ2v) is 7.26. The van der Waals surface area contributed by atoms with Crippen molar-refractivity contribution >= 4 is 35.2 Å². The van der Waals surface area contributed by atoms with Gasteiger partial charge in [-0.2, -0.15) is 0 Å². The molecule has 0 saturated carbocycles. The Hall–Kier alpha value is -2.24. The van der Waals surface area contributed by atoms with Gasteiger partial charge in [0.25, 0.3) is 5.91 Å². The van der Waals surface area contributed by atoms with E-state index < -0.39 is 0 Å². The van der Waals surface area contributed by atoms with Crippen LogP contribution in [0, 0.1) is 5.92 Å². The Morgan fingerprint density at radius 2 is 1.74 bits per heavy atom. The van der Waals surface area contributed by atoms with Gasteiger partial charge in [-0.3, -0.25) is 4.79 Å². The minimum Gasteiger partial charge on any atom is -0.410 e. The third kappa shape index (κ3) is 5.37. The molecule has 1 saturated heterocycles. The molecule has 0 aliphatic carbocycles. The van der Waals surface area contributed by atoms with Gasteiger partial charge in [-0.1, -0.05) is 41.4 Å². The van der Waals surface area contributed by atoms with Crippen molar-refractivity contribution in [1.29, 1.82) is 0 Å². The van der Waals surface area contributed by atoms with Crippen LogP contribution < -0.4 is 10.1 Å². The average Bonchev–Trinajstić information content (AvgIpc) is 2.69. The summed E-state index contributed by atoms with van der Waals surface area (Å²) < 4.78 is 5.36. The number of nitrogens with zero attached hydrogens (tertiary/aromatic N) is 1. The Labute approximate surface area is 168 Å². The molecule has 7 heteroatoms. The van der Waals surface area contributed by atoms with E-state index in [1.807, 2.05) is 18.2 Å². The maximum Gasteiger partial charge on any atom is 0.415 e. The molecule has 0 bridgehead atoms. The summed E-state index contributed by atoms with van der Waals surface area (Å²) in [6.45, 7) is 1.78. The fourth-order valence-corrected chi connectivity index (χ4v) is 3.25. The number of rotatable bonds is 4. The normalized spacial score (nSPS) is 14.7. The topological polar surface area (TPSA) is 58.6 Å². The summed E-state index contributed by atoms with van der Waals surface area (Å²) in [7, 11) is 0. The minimum absolute atomic E-state index is 0.181. The average molecular weight is 407 g/mol. The van der Waals surface area contributed by atoms with Crippen molar-refractivity contribution in [1.82, 2.24) is 10.2 Å². The maximum absolute atomic E-state index is 12.2. The second-order valence-electron chi connectivity index (χ2n) is 6.45. The van der Waals surface area contributed by atoms with Crippen LogP contribution in [0.3, 0.4) is 0 Å². The molecule has 3 rings (SSSR count). The number of benzene rings is 2. The molecule has 1 aliphatic heterocycles. The van der Waals surface area contributed by atoms with Crippen molar-refractivity contribution < 1.29 is 14.3 Å². The number of likely N-dealkylation sites (tertiary alicyclic amines) is 1. The van der Waals surface area contributed by atoms with E-state index in [0.29, 0.717) is 46.9 Å². The van der Waals surface area contributed by atoms with Gasteiger partial charge in [-0.15, -0.1) is 0 Å². The van der Waals surface area contributed by atoms with E-state index in [4.69, 9.17) is 27.9 Å². The van der Waals surface area contributed by atoms with Crippen LogP contribution >= 0.6 is 23.2 Å². The van der Waals surface area contributed by atoms with Gasteiger partial charge in [0.1, 0.15) is 5.75 Å². The predicted molar refractivity (Wildman–Crippen MR) is 106 cm³/mol. The Morgan fingerprint density at radius 3 is 2.41 bits per heavy atom. The van der Waals surface area contributed by atoms with E-state index in [0.717, 1.165) is 12.8 Å². The van der Waals surface area contributed by atoms with E-state index in [-0.39, 0.29) is 12.0 Å². The minimum atomic E-state index is -0.334. The first-order valence-corrected chi connectivity index (χ1v) is 9.53. The fraction of sp³-hybridized carbons (Fsp3) is 0.300. The lowest BCUT2D eigenvalue weighted by Gasteiger charge is -2.31. The second kappa shape index (κ2) is 9.11. The van der Waals surface area contributed by atoms with Crippen LogP contribution in [0.1, 0.15) is 23.2 Å². The Kier molecular flexibility index (Phi) is 6.58. The van der Waals surface area contributed by atoms with E-state index in [9.17, 15) is 9.59 Å². The molecule has 0 aromatic heterocycles. The quantitative estimate of drug-likeness (QED) is 0.804. The number of amides is 2. The highest BCUT2D eigenvalue weighted by Gasteiger charge is 2.24. The molecule has 5 nitrogen and oxygen atoms in total. The molecule has 0 spiro atoms. The first-order chi connectivity index (χ1) is 13.0. The Morgan fingerprint density at radius 1 is 1.04 bits per heavy atom. The molecular weight excluding hydrogens is 387 g/mol. The van der Waals surface area contributed by atoms with Gasteiger partial charge in [0.2, 0.25) is 0 Å². The first kappa shape index (κ1) is 19.5. The van der Waals surface area contributed by atoms with Gasteiger partial charge in [0, 0.05) is 25.2 Å². The molecule has 0 atom stereocenters. The number of ether oxygens (including phenoxy) is 1. The monoisotopic (exact) mass is 406 g/mol. The molecule has 27 heavy (non-hydrogen) atoms. The lowest BCUT2D eigenvalue weighted by Crippen LogP contribution is -2.42. The SMILES string of the molecule is O=C(NCC1CCN(C(=O)Oc2ccccc2)CC1)c1ccc(Cl)c(Cl)c1. The van der Waals surface area contributed by atoms with Crippen molar-refractivity contribution in [3.05, 3.63) is 64.1 Å². The molecular formula is C20H20Cl2N2O3. The van der Waals surface area contributed by atoms with Crippen LogP contribution in [0.5, 0.6) is 5.75 Å². The van der Waals surface area contributed by atoms with Gasteiger partial charge in [0.15, 0.2) is 0 Å². The van der Waals surface area contributed by atoms with Gasteiger partial charge in [-0.25, -0.2) is 4.79 Å². The number of para-hydroxylation sites is 1. The van der Waals surface area contributed by atoms with Gasteiger partial charge in [0.05, 0.1) is 10.0 Å². The summed E-state index contributed by atoms with van der Waals surface area (Å²) in [4.78, 5) is 26.1. The number of nitrogens with one attached hydrogen (secondary N) is 1. The molecule has 2 aromatic rings. The van der Waals surface area contributed by atoms with Crippen molar-refractivity contribution in [2.75, 3.05) is 19.6 Å². The smallest absolute Gasteiger partial charge is 0.410 e. The van der Waals surface area contributed by atoms with E-state index in [1.54, 1.807) is 35.2 Å². The van der Waals surface area contributed by atoms with Crippen molar-refractivity contribution in [2.45, 2.75) is 12.8 Å². The molecule has 1 heterocycles. The number of hydrogen-bond donors (Lipinski definition) is 1. The summed E-state index contributed by atoms with van der Waals surface area (Å²) in [5.41, 5.74) is 0.480. The van der Waals surface area contributed by atoms with Gasteiger partial charge < -0.3 is 15.0 Å². The van der Waals surface area contributed by atoms with Crippen molar-refractivity contribution in [3.63, 3.8) is 0 Å². The van der Waals surface area contributed by atoms with Crippen LogP contribution in [0.2, 0.25) is 10.0 Å². The third-order valence-corrected chi connectivity index (χ3v) is 5.29. The highest BCUT2D eigenvalue weighted by molar-refractivity contribution is 6.42. The predicted octanol–water partition coefficient (Wildman–Crippen LogP) is 4.63. The van der Waals surface area contributed by atoms with Crippen LogP contribution in [-0.4, -0.2) is 36.5 Å². The van der Waals surface area contributed by atoms with Crippen LogP contribution in [0.25, 0.3) is 0 Å². The molecule has 1 N–H and O–H groups in total. The largest absolute Gasteiger partial charge is 0.415 e. The third-order valence-electron chi connectivity index (χ3n) is 4.55. The molecule has 0 unspecified atom stereocenters. The van der Waals surface area contributed by atoms with Crippen LogP contribution in [0.4, 0.5) is 4.79 Å². The van der Waals surface area contributed by atoms with Crippen molar-refractivity contribution in [3.8, 4) is 5.75 Å². The summed E-state index contributed by atoms with van der Waals surface area (Å²) in [5, 5.41) is 3.70. The highest BCUT2D eigenvalue weighted by atomic mass is 35.5. The van der Waals surface area contributed by atoms with E-state index >= 15 is 0 Å². The molecule has 0 radical (unpaired) electrons. The first-order valence-electron chi connectivity index (χ1n) is 8.78. The highest BCUT2D eigenvalue weighted by Crippen LogP contribution is 2.23. The zero-order valence-electron chi connectivity index (χ0n) is 14.7. The summed E-state index contributed by atoms with van der Waals surface area (Å²) in [6.07, 6.45) is 1.29. The number of halogens is 2. The number of piperidine rings is 1. The number of carbonyl (C=O) groups excluding carboxylic acids is 2. The number of carbonyl (C=O) groups is 2. The summed E-state index contributed by atoms with van der Waals surface area (Å²) in [6, 6.07) is 13.8. The lowest BCUT2D eigenvalue weighted by molar-refractivity contribution is 0.0931. The number of hydrogen-bond acceptors (Lipinski definition) is 3. The van der Waals surface area contributed by atoms with Gasteiger partial charge in [-0.05, 0) is 49.1 Å². The Bertz CT molecular complexity index is 806. The lowest BCUT2D eigenvalue weighted by atomic mass is 9.97. The van der Waals surface area contributed by atoms with E-state index in [1.165, 1.54) is 0 Å². The summed E-state index contributed by atoms with van der Waals surface area (Å²) in [5.74, 6) is 0.676. The molecule has 2 amide bonds.